The molecule has 4 aliphatic rings. The van der Waals surface area contributed by atoms with E-state index in [0.29, 0.717) is 13.1 Å². The van der Waals surface area contributed by atoms with Crippen molar-refractivity contribution in [3.63, 3.8) is 0 Å². The van der Waals surface area contributed by atoms with Crippen LogP contribution >= 0.6 is 0 Å². The highest BCUT2D eigenvalue weighted by Crippen LogP contribution is 2.51. The number of ether oxygens (including phenoxy) is 1. The summed E-state index contributed by atoms with van der Waals surface area (Å²) in [7, 11) is 0. The van der Waals surface area contributed by atoms with Gasteiger partial charge in [-0.05, 0) is 24.5 Å². The SMILES string of the molecule is O=C(O)C1C2C=CC3(CN(CCN4CCCc5ccccc54)C(=O)C13)O2. The van der Waals surface area contributed by atoms with Crippen molar-refractivity contribution in [1.29, 1.82) is 0 Å². The number of likely N-dealkylation sites (tertiary alicyclic amines) is 1. The van der Waals surface area contributed by atoms with Crippen LogP contribution in [-0.2, 0) is 20.7 Å². The summed E-state index contributed by atoms with van der Waals surface area (Å²) < 4.78 is 5.94. The lowest BCUT2D eigenvalue weighted by Gasteiger charge is -2.33. The average Bonchev–Trinajstić information content (AvgIpc) is 3.28. The molecular formula is C20H22N2O4. The lowest BCUT2D eigenvalue weighted by Crippen LogP contribution is -2.41. The number of carboxylic acid groups (broad SMARTS) is 1. The van der Waals surface area contributed by atoms with Crippen molar-refractivity contribution >= 4 is 17.6 Å². The number of carbonyl (C=O) groups excluding carboxylic acids is 1. The quantitative estimate of drug-likeness (QED) is 0.826. The Balaban J connectivity index is 1.32. The fourth-order valence-corrected chi connectivity index (χ4v) is 5.13. The summed E-state index contributed by atoms with van der Waals surface area (Å²) in [6.07, 6.45) is 5.48. The number of amides is 1. The van der Waals surface area contributed by atoms with E-state index in [1.165, 1.54) is 11.3 Å². The third-order valence-corrected chi connectivity index (χ3v) is 6.31. The second-order valence-corrected chi connectivity index (χ2v) is 7.72. The molecule has 1 spiro atoms. The van der Waals surface area contributed by atoms with Crippen LogP contribution in [0.5, 0.6) is 0 Å². The van der Waals surface area contributed by atoms with Crippen LogP contribution in [0.15, 0.2) is 36.4 Å². The van der Waals surface area contributed by atoms with Gasteiger partial charge in [-0.25, -0.2) is 0 Å². The monoisotopic (exact) mass is 354 g/mol. The number of hydrogen-bond donors (Lipinski definition) is 1. The second kappa shape index (κ2) is 5.58. The van der Waals surface area contributed by atoms with Crippen LogP contribution < -0.4 is 4.90 Å². The molecule has 0 saturated carbocycles. The summed E-state index contributed by atoms with van der Waals surface area (Å²) >= 11 is 0. The van der Waals surface area contributed by atoms with Crippen LogP contribution in [0.4, 0.5) is 5.69 Å². The predicted octanol–water partition coefficient (Wildman–Crippen LogP) is 1.31. The number of aryl methyl sites for hydroxylation is 1. The zero-order chi connectivity index (χ0) is 17.9. The van der Waals surface area contributed by atoms with Crippen molar-refractivity contribution in [1.82, 2.24) is 4.90 Å². The molecule has 5 rings (SSSR count). The fraction of sp³-hybridized carbons (Fsp3) is 0.500. The van der Waals surface area contributed by atoms with E-state index in [1.807, 2.05) is 12.2 Å². The highest BCUT2D eigenvalue weighted by atomic mass is 16.5. The van der Waals surface area contributed by atoms with E-state index in [2.05, 4.69) is 29.2 Å². The Kier molecular flexibility index (Phi) is 3.41. The number of para-hydroxylation sites is 1. The minimum Gasteiger partial charge on any atom is -0.481 e. The number of nitrogens with zero attached hydrogens (tertiary/aromatic N) is 2. The summed E-state index contributed by atoms with van der Waals surface area (Å²) in [5.41, 5.74) is 1.88. The molecule has 4 atom stereocenters. The second-order valence-electron chi connectivity index (χ2n) is 7.72. The van der Waals surface area contributed by atoms with Crippen LogP contribution in [0, 0.1) is 11.8 Å². The number of hydrogen-bond acceptors (Lipinski definition) is 4. The van der Waals surface area contributed by atoms with Gasteiger partial charge in [-0.1, -0.05) is 30.4 Å². The Bertz CT molecular complexity index is 807. The molecule has 4 unspecified atom stereocenters. The number of fused-ring (bicyclic) bond motifs is 2. The first-order valence-electron chi connectivity index (χ1n) is 9.31. The first-order valence-corrected chi connectivity index (χ1v) is 9.31. The average molecular weight is 354 g/mol. The van der Waals surface area contributed by atoms with Crippen LogP contribution in [0.3, 0.4) is 0 Å². The topological polar surface area (TPSA) is 70.1 Å². The van der Waals surface area contributed by atoms with Gasteiger partial charge in [-0.3, -0.25) is 9.59 Å². The molecule has 1 aromatic carbocycles. The van der Waals surface area contributed by atoms with Crippen molar-refractivity contribution in [3.8, 4) is 0 Å². The molecule has 1 amide bonds. The Hall–Kier alpha value is -2.34. The molecule has 4 aliphatic heterocycles. The molecule has 2 fully saturated rings. The van der Waals surface area contributed by atoms with Crippen LogP contribution in [0.1, 0.15) is 12.0 Å². The molecule has 6 nitrogen and oxygen atoms in total. The fourth-order valence-electron chi connectivity index (χ4n) is 5.13. The van der Waals surface area contributed by atoms with Crippen molar-refractivity contribution in [2.75, 3.05) is 31.1 Å². The van der Waals surface area contributed by atoms with Crippen LogP contribution in [0.25, 0.3) is 0 Å². The minimum atomic E-state index is -0.939. The summed E-state index contributed by atoms with van der Waals surface area (Å²) in [5, 5.41) is 9.53. The predicted molar refractivity (Wildman–Crippen MR) is 94.9 cm³/mol. The maximum Gasteiger partial charge on any atom is 0.310 e. The number of carbonyl (C=O) groups is 2. The number of rotatable bonds is 4. The normalized spacial score (nSPS) is 34.3. The van der Waals surface area contributed by atoms with Gasteiger partial charge in [0, 0.05) is 25.3 Å². The molecule has 2 saturated heterocycles. The molecule has 26 heavy (non-hydrogen) atoms. The Labute approximate surface area is 152 Å². The molecule has 2 bridgehead atoms. The van der Waals surface area contributed by atoms with Gasteiger partial charge in [0.1, 0.15) is 11.5 Å². The van der Waals surface area contributed by atoms with Crippen LogP contribution in [0.2, 0.25) is 0 Å². The molecule has 0 radical (unpaired) electrons. The maximum atomic E-state index is 12.9. The Morgan fingerprint density at radius 1 is 1.27 bits per heavy atom. The smallest absolute Gasteiger partial charge is 0.310 e. The molecule has 0 aliphatic carbocycles. The maximum absolute atomic E-state index is 12.9. The Morgan fingerprint density at radius 3 is 2.92 bits per heavy atom. The minimum absolute atomic E-state index is 0.0745. The van der Waals surface area contributed by atoms with E-state index in [4.69, 9.17) is 4.74 Å². The van der Waals surface area contributed by atoms with E-state index < -0.39 is 29.5 Å². The van der Waals surface area contributed by atoms with Gasteiger partial charge in [-0.2, -0.15) is 0 Å². The highest BCUT2D eigenvalue weighted by molar-refractivity contribution is 5.90. The van der Waals surface area contributed by atoms with Crippen molar-refractivity contribution in [2.45, 2.75) is 24.5 Å². The number of anilines is 1. The number of carboxylic acids is 1. The van der Waals surface area contributed by atoms with E-state index >= 15 is 0 Å². The highest BCUT2D eigenvalue weighted by Gasteiger charge is 2.66. The first-order chi connectivity index (χ1) is 12.6. The van der Waals surface area contributed by atoms with Gasteiger partial charge in [0.05, 0.1) is 18.6 Å². The summed E-state index contributed by atoms with van der Waals surface area (Å²) in [5.74, 6) is -2.35. The van der Waals surface area contributed by atoms with Crippen molar-refractivity contribution in [3.05, 3.63) is 42.0 Å². The van der Waals surface area contributed by atoms with Gasteiger partial charge in [0.15, 0.2) is 0 Å². The van der Waals surface area contributed by atoms with E-state index in [9.17, 15) is 14.7 Å². The molecule has 136 valence electrons. The third kappa shape index (κ3) is 2.14. The summed E-state index contributed by atoms with van der Waals surface area (Å²) in [4.78, 5) is 28.7. The molecular weight excluding hydrogens is 332 g/mol. The van der Waals surface area contributed by atoms with Gasteiger partial charge in [0.25, 0.3) is 0 Å². The zero-order valence-electron chi connectivity index (χ0n) is 14.5. The van der Waals surface area contributed by atoms with Gasteiger partial charge in [0.2, 0.25) is 5.91 Å². The lowest BCUT2D eigenvalue weighted by molar-refractivity contribution is -0.148. The zero-order valence-corrected chi connectivity index (χ0v) is 14.5. The van der Waals surface area contributed by atoms with E-state index in [-0.39, 0.29) is 5.91 Å². The third-order valence-electron chi connectivity index (χ3n) is 6.31. The van der Waals surface area contributed by atoms with Crippen LogP contribution in [-0.4, -0.2) is 59.8 Å². The molecule has 6 heteroatoms. The molecule has 0 aromatic heterocycles. The number of benzene rings is 1. The first kappa shape index (κ1) is 15.9. The van der Waals surface area contributed by atoms with Crippen molar-refractivity contribution in [2.24, 2.45) is 11.8 Å². The van der Waals surface area contributed by atoms with Gasteiger partial charge in [-0.15, -0.1) is 0 Å². The largest absolute Gasteiger partial charge is 0.481 e. The van der Waals surface area contributed by atoms with Gasteiger partial charge < -0.3 is 19.6 Å². The van der Waals surface area contributed by atoms with E-state index in [1.54, 1.807) is 4.90 Å². The lowest BCUT2D eigenvalue weighted by atomic mass is 9.77. The summed E-state index contributed by atoms with van der Waals surface area (Å²) in [6, 6.07) is 8.43. The van der Waals surface area contributed by atoms with Crippen molar-refractivity contribution < 1.29 is 19.4 Å². The molecule has 4 heterocycles. The number of aliphatic carboxylic acids is 1. The van der Waals surface area contributed by atoms with Gasteiger partial charge >= 0.3 is 5.97 Å². The summed E-state index contributed by atoms with van der Waals surface area (Å²) in [6.45, 7) is 2.81. The van der Waals surface area contributed by atoms with E-state index in [0.717, 1.165) is 25.9 Å². The molecule has 1 aromatic rings. The molecule has 1 N–H and O–H groups in total. The standard InChI is InChI=1S/C20H22N2O4/c23-18-17-16(19(24)25)15-7-8-20(17,26-15)12-22(18)11-10-21-9-3-5-13-4-1-2-6-14(13)21/h1-2,4,6-8,15-17H,3,5,9-12H2,(H,24,25). The Morgan fingerprint density at radius 2 is 2.08 bits per heavy atom.